The first-order valence-corrected chi connectivity index (χ1v) is 8.92. The largest absolute Gasteiger partial charge is 0.481 e. The summed E-state index contributed by atoms with van der Waals surface area (Å²) in [4.78, 5) is 24.4. The molecule has 3 nitrogen and oxygen atoms in total. The summed E-state index contributed by atoms with van der Waals surface area (Å²) >= 11 is 0. The first-order chi connectivity index (χ1) is 10.5. The van der Waals surface area contributed by atoms with Crippen LogP contribution in [0.4, 0.5) is 0 Å². The molecule has 0 heterocycles. The van der Waals surface area contributed by atoms with Crippen LogP contribution in [-0.2, 0) is 9.59 Å². The molecule has 0 amide bonds. The molecule has 0 aromatic heterocycles. The van der Waals surface area contributed by atoms with Crippen LogP contribution in [0.1, 0.15) is 72.6 Å². The molecule has 130 valence electrons. The van der Waals surface area contributed by atoms with Gasteiger partial charge in [0.1, 0.15) is 5.78 Å². The fraction of sp³-hybridized carbons (Fsp3) is 0.800. The topological polar surface area (TPSA) is 54.4 Å². The molecule has 4 atom stereocenters. The molecule has 0 radical (unpaired) electrons. The number of ketones is 1. The SMILES string of the molecule is C=C[C@@]1(C)CC[C@@H]([C@@]2(C)CCCC(C)(C)[C@@H]2CC(=O)O)C(=O)C1. The predicted molar refractivity (Wildman–Crippen MR) is 92.1 cm³/mol. The van der Waals surface area contributed by atoms with E-state index < -0.39 is 5.97 Å². The van der Waals surface area contributed by atoms with Crippen molar-refractivity contribution in [3.63, 3.8) is 0 Å². The number of carboxylic acid groups (broad SMARTS) is 1. The first kappa shape index (κ1) is 18.2. The number of aliphatic carboxylic acids is 1. The summed E-state index contributed by atoms with van der Waals surface area (Å²) in [5, 5.41) is 9.42. The van der Waals surface area contributed by atoms with Crippen molar-refractivity contribution < 1.29 is 14.7 Å². The lowest BCUT2D eigenvalue weighted by atomic mass is 9.48. The minimum atomic E-state index is -0.740. The molecule has 0 aliphatic heterocycles. The summed E-state index contributed by atoms with van der Waals surface area (Å²) in [6, 6.07) is 0. The molecule has 0 saturated heterocycles. The third kappa shape index (κ3) is 3.39. The van der Waals surface area contributed by atoms with E-state index in [1.54, 1.807) is 0 Å². The highest BCUT2D eigenvalue weighted by Crippen LogP contribution is 2.59. The van der Waals surface area contributed by atoms with E-state index in [9.17, 15) is 14.7 Å². The van der Waals surface area contributed by atoms with E-state index in [1.807, 2.05) is 6.08 Å². The van der Waals surface area contributed by atoms with Gasteiger partial charge in [-0.05, 0) is 47.8 Å². The molecule has 23 heavy (non-hydrogen) atoms. The first-order valence-electron chi connectivity index (χ1n) is 8.92. The number of allylic oxidation sites excluding steroid dienone is 1. The molecule has 2 rings (SSSR count). The molecule has 0 aromatic rings. The second-order valence-corrected chi connectivity index (χ2v) is 9.09. The maximum Gasteiger partial charge on any atom is 0.303 e. The zero-order valence-electron chi connectivity index (χ0n) is 15.2. The number of carboxylic acids is 1. The number of Topliss-reactive ketones (excluding diaryl/α,β-unsaturated/α-hetero) is 1. The number of hydrogen-bond acceptors (Lipinski definition) is 2. The Morgan fingerprint density at radius 2 is 1.91 bits per heavy atom. The van der Waals surface area contributed by atoms with E-state index in [1.165, 1.54) is 0 Å². The summed E-state index contributed by atoms with van der Waals surface area (Å²) < 4.78 is 0. The predicted octanol–water partition coefficient (Wildman–Crippen LogP) is 4.86. The quantitative estimate of drug-likeness (QED) is 0.753. The maximum absolute atomic E-state index is 12.9. The van der Waals surface area contributed by atoms with Crippen LogP contribution in [0, 0.1) is 28.1 Å². The molecule has 1 N–H and O–H groups in total. The summed E-state index contributed by atoms with van der Waals surface area (Å²) in [5.74, 6) is -0.368. The lowest BCUT2D eigenvalue weighted by Gasteiger charge is -2.55. The average molecular weight is 320 g/mol. The molecular formula is C20H32O3. The molecule has 0 aromatic carbocycles. The summed E-state index contributed by atoms with van der Waals surface area (Å²) in [6.07, 6.45) is 7.59. The maximum atomic E-state index is 12.9. The normalized spacial score (nSPS) is 40.6. The number of carbonyl (C=O) groups excluding carboxylic acids is 1. The molecule has 2 saturated carbocycles. The van der Waals surface area contributed by atoms with E-state index in [0.29, 0.717) is 12.2 Å². The zero-order valence-corrected chi connectivity index (χ0v) is 15.2. The third-order valence-corrected chi connectivity index (χ3v) is 6.91. The van der Waals surface area contributed by atoms with Gasteiger partial charge in [-0.3, -0.25) is 9.59 Å². The fourth-order valence-corrected chi connectivity index (χ4v) is 5.38. The Hall–Kier alpha value is -1.12. The van der Waals surface area contributed by atoms with Crippen LogP contribution in [0.15, 0.2) is 12.7 Å². The summed E-state index contributed by atoms with van der Waals surface area (Å²) in [7, 11) is 0. The molecule has 0 bridgehead atoms. The van der Waals surface area contributed by atoms with Crippen molar-refractivity contribution in [2.75, 3.05) is 0 Å². The van der Waals surface area contributed by atoms with E-state index in [0.717, 1.165) is 32.1 Å². The van der Waals surface area contributed by atoms with Gasteiger partial charge in [-0.25, -0.2) is 0 Å². The van der Waals surface area contributed by atoms with Gasteiger partial charge in [0.2, 0.25) is 0 Å². The van der Waals surface area contributed by atoms with Gasteiger partial charge in [-0.2, -0.15) is 0 Å². The third-order valence-electron chi connectivity index (χ3n) is 6.91. The van der Waals surface area contributed by atoms with Crippen LogP contribution in [-0.4, -0.2) is 16.9 Å². The Labute approximate surface area is 140 Å². The van der Waals surface area contributed by atoms with E-state index >= 15 is 0 Å². The minimum Gasteiger partial charge on any atom is -0.481 e. The van der Waals surface area contributed by atoms with Gasteiger partial charge in [-0.15, -0.1) is 6.58 Å². The van der Waals surface area contributed by atoms with Gasteiger partial charge in [0, 0.05) is 18.8 Å². The highest BCUT2D eigenvalue weighted by Gasteiger charge is 2.54. The molecular weight excluding hydrogens is 288 g/mol. The molecule has 2 aliphatic carbocycles. The Balaban J connectivity index is 2.32. The minimum absolute atomic E-state index is 0.000509. The van der Waals surface area contributed by atoms with Crippen molar-refractivity contribution in [2.24, 2.45) is 28.1 Å². The van der Waals surface area contributed by atoms with E-state index in [2.05, 4.69) is 34.3 Å². The number of carbonyl (C=O) groups is 2. The Morgan fingerprint density at radius 3 is 2.43 bits per heavy atom. The van der Waals surface area contributed by atoms with Gasteiger partial charge in [0.25, 0.3) is 0 Å². The molecule has 3 heteroatoms. The monoisotopic (exact) mass is 320 g/mol. The second-order valence-electron chi connectivity index (χ2n) is 9.09. The standard InChI is InChI=1S/C20H32O3/c1-6-19(4)11-8-14(15(21)13-19)20(5)10-7-9-18(2,3)16(20)12-17(22)23/h6,14,16H,1,7-13H2,2-5H3,(H,22,23)/t14-,16+,19+,20-/m1/s1. The molecule has 2 aliphatic rings. The zero-order chi connectivity index (χ0) is 17.5. The molecule has 0 spiro atoms. The second kappa shape index (κ2) is 6.07. The number of rotatable bonds is 4. The highest BCUT2D eigenvalue weighted by molar-refractivity contribution is 5.83. The number of hydrogen-bond donors (Lipinski definition) is 1. The molecule has 0 unspecified atom stereocenters. The van der Waals surface area contributed by atoms with Crippen molar-refractivity contribution in [3.8, 4) is 0 Å². The van der Waals surface area contributed by atoms with Crippen LogP contribution in [0.25, 0.3) is 0 Å². The lowest BCUT2D eigenvalue weighted by Crippen LogP contribution is -2.51. The van der Waals surface area contributed by atoms with Gasteiger partial charge in [0.05, 0.1) is 0 Å². The van der Waals surface area contributed by atoms with Crippen LogP contribution < -0.4 is 0 Å². The van der Waals surface area contributed by atoms with Gasteiger partial charge < -0.3 is 5.11 Å². The lowest BCUT2D eigenvalue weighted by molar-refractivity contribution is -0.150. The Morgan fingerprint density at radius 1 is 1.26 bits per heavy atom. The van der Waals surface area contributed by atoms with Crippen molar-refractivity contribution in [3.05, 3.63) is 12.7 Å². The van der Waals surface area contributed by atoms with Crippen molar-refractivity contribution in [1.82, 2.24) is 0 Å². The smallest absolute Gasteiger partial charge is 0.303 e. The highest BCUT2D eigenvalue weighted by atomic mass is 16.4. The molecule has 2 fully saturated rings. The van der Waals surface area contributed by atoms with E-state index in [4.69, 9.17) is 0 Å². The van der Waals surface area contributed by atoms with Crippen LogP contribution in [0.2, 0.25) is 0 Å². The Bertz CT molecular complexity index is 507. The fourth-order valence-electron chi connectivity index (χ4n) is 5.38. The van der Waals surface area contributed by atoms with Crippen LogP contribution in [0.5, 0.6) is 0 Å². The summed E-state index contributed by atoms with van der Waals surface area (Å²) in [6.45, 7) is 12.5. The van der Waals surface area contributed by atoms with Gasteiger partial charge >= 0.3 is 5.97 Å². The van der Waals surface area contributed by atoms with Gasteiger partial charge in [0.15, 0.2) is 0 Å². The Kier molecular flexibility index (Phi) is 4.81. The van der Waals surface area contributed by atoms with Gasteiger partial charge in [-0.1, -0.05) is 40.2 Å². The van der Waals surface area contributed by atoms with Crippen molar-refractivity contribution >= 4 is 11.8 Å². The van der Waals surface area contributed by atoms with Crippen LogP contribution in [0.3, 0.4) is 0 Å². The van der Waals surface area contributed by atoms with Crippen LogP contribution >= 0.6 is 0 Å². The van der Waals surface area contributed by atoms with E-state index in [-0.39, 0.29) is 34.5 Å². The average Bonchev–Trinajstić information content (AvgIpc) is 2.42. The van der Waals surface area contributed by atoms with Crippen molar-refractivity contribution in [1.29, 1.82) is 0 Å². The van der Waals surface area contributed by atoms with Crippen molar-refractivity contribution in [2.45, 2.75) is 72.6 Å². The summed E-state index contributed by atoms with van der Waals surface area (Å²) in [5.41, 5.74) is -0.305.